The van der Waals surface area contributed by atoms with Crippen LogP contribution in [0.3, 0.4) is 0 Å². The third-order valence-corrected chi connectivity index (χ3v) is 4.48. The number of anilines is 1. The molecule has 2 amide bonds. The number of hydrogen-bond acceptors (Lipinski definition) is 2. The zero-order valence-electron chi connectivity index (χ0n) is 16.1. The molecule has 140 valence electrons. The van der Waals surface area contributed by atoms with Crippen LogP contribution in [0, 0.1) is 0 Å². The van der Waals surface area contributed by atoms with E-state index in [9.17, 15) is 9.59 Å². The van der Waals surface area contributed by atoms with Gasteiger partial charge in [0.1, 0.15) is 5.69 Å². The Kier molecular flexibility index (Phi) is 5.04. The van der Waals surface area contributed by atoms with E-state index in [2.05, 4.69) is 48.5 Å². The molecule has 0 atom stereocenters. The highest BCUT2D eigenvalue weighted by molar-refractivity contribution is 6.06. The molecule has 5 heteroatoms. The second-order valence-electron chi connectivity index (χ2n) is 7.63. The van der Waals surface area contributed by atoms with Gasteiger partial charge in [0.05, 0.1) is 0 Å². The van der Waals surface area contributed by atoms with E-state index in [1.54, 1.807) is 24.3 Å². The molecule has 0 aliphatic carbocycles. The zero-order valence-corrected chi connectivity index (χ0v) is 16.1. The highest BCUT2D eigenvalue weighted by Crippen LogP contribution is 2.26. The number of amides is 2. The van der Waals surface area contributed by atoms with Gasteiger partial charge in [-0.2, -0.15) is 0 Å². The van der Waals surface area contributed by atoms with Crippen LogP contribution in [-0.2, 0) is 5.41 Å². The summed E-state index contributed by atoms with van der Waals surface area (Å²) >= 11 is 0. The van der Waals surface area contributed by atoms with E-state index in [-0.39, 0.29) is 17.2 Å². The smallest absolute Gasteiger partial charge is 0.272 e. The van der Waals surface area contributed by atoms with Crippen molar-refractivity contribution in [2.45, 2.75) is 33.1 Å². The van der Waals surface area contributed by atoms with Gasteiger partial charge in [0.25, 0.3) is 11.8 Å². The van der Waals surface area contributed by atoms with E-state index in [1.165, 1.54) is 5.56 Å². The Labute approximate surface area is 159 Å². The number of aromatic amines is 1. The van der Waals surface area contributed by atoms with Gasteiger partial charge in [-0.3, -0.25) is 9.59 Å². The first-order chi connectivity index (χ1) is 12.8. The van der Waals surface area contributed by atoms with Crippen LogP contribution in [0.5, 0.6) is 0 Å². The van der Waals surface area contributed by atoms with Gasteiger partial charge >= 0.3 is 0 Å². The van der Waals surface area contributed by atoms with Crippen molar-refractivity contribution in [2.24, 2.45) is 0 Å². The number of carbonyl (C=O) groups excluding carboxylic acids is 2. The Balaban J connectivity index is 1.77. The van der Waals surface area contributed by atoms with E-state index in [4.69, 9.17) is 0 Å². The van der Waals surface area contributed by atoms with Crippen LogP contribution < -0.4 is 10.6 Å². The predicted molar refractivity (Wildman–Crippen MR) is 109 cm³/mol. The number of nitrogens with one attached hydrogen (secondary N) is 3. The first kappa shape index (κ1) is 18.7. The fourth-order valence-corrected chi connectivity index (χ4v) is 2.88. The second kappa shape index (κ2) is 7.27. The molecule has 0 radical (unpaired) electrons. The fraction of sp³-hybridized carbons (Fsp3) is 0.273. The molecule has 0 bridgehead atoms. The highest BCUT2D eigenvalue weighted by atomic mass is 16.2. The summed E-state index contributed by atoms with van der Waals surface area (Å²) in [6.45, 7) is 8.94. The van der Waals surface area contributed by atoms with Crippen LogP contribution in [0.1, 0.15) is 54.1 Å². The largest absolute Gasteiger partial charge is 0.352 e. The molecular formula is C22H25N3O2. The van der Waals surface area contributed by atoms with Gasteiger partial charge < -0.3 is 15.6 Å². The molecule has 1 heterocycles. The van der Waals surface area contributed by atoms with Crippen LogP contribution in [0.15, 0.2) is 48.5 Å². The normalized spacial score (nSPS) is 11.4. The molecular weight excluding hydrogens is 338 g/mol. The number of aromatic nitrogens is 1. The SMILES string of the molecule is CCNC(=O)c1ccc(NC(=O)c2cc3ccc(C(C)(C)C)cc3[nH]2)cc1. The summed E-state index contributed by atoms with van der Waals surface area (Å²) in [5, 5.41) is 6.61. The molecule has 5 nitrogen and oxygen atoms in total. The average Bonchev–Trinajstić information content (AvgIpc) is 3.05. The molecule has 0 aliphatic rings. The maximum Gasteiger partial charge on any atom is 0.272 e. The predicted octanol–water partition coefficient (Wildman–Crippen LogP) is 4.47. The summed E-state index contributed by atoms with van der Waals surface area (Å²) in [5.41, 5.74) is 3.91. The lowest BCUT2D eigenvalue weighted by Gasteiger charge is -2.18. The van der Waals surface area contributed by atoms with Crippen molar-refractivity contribution in [1.29, 1.82) is 0 Å². The van der Waals surface area contributed by atoms with Gasteiger partial charge in [-0.1, -0.05) is 32.9 Å². The molecule has 3 rings (SSSR count). The monoisotopic (exact) mass is 363 g/mol. The molecule has 0 saturated heterocycles. The van der Waals surface area contributed by atoms with Crippen molar-refractivity contribution < 1.29 is 9.59 Å². The Bertz CT molecular complexity index is 979. The van der Waals surface area contributed by atoms with Crippen molar-refractivity contribution in [2.75, 3.05) is 11.9 Å². The lowest BCUT2D eigenvalue weighted by atomic mass is 9.87. The number of fused-ring (bicyclic) bond motifs is 1. The van der Waals surface area contributed by atoms with E-state index in [0.29, 0.717) is 23.5 Å². The van der Waals surface area contributed by atoms with E-state index in [0.717, 1.165) is 10.9 Å². The van der Waals surface area contributed by atoms with Gasteiger partial charge in [0.2, 0.25) is 0 Å². The molecule has 0 aliphatic heterocycles. The quantitative estimate of drug-likeness (QED) is 0.640. The Morgan fingerprint density at radius 1 is 0.963 bits per heavy atom. The lowest BCUT2D eigenvalue weighted by Crippen LogP contribution is -2.22. The summed E-state index contributed by atoms with van der Waals surface area (Å²) in [7, 11) is 0. The maximum absolute atomic E-state index is 12.6. The number of carbonyl (C=O) groups is 2. The Morgan fingerprint density at radius 3 is 2.30 bits per heavy atom. The Morgan fingerprint density at radius 2 is 1.67 bits per heavy atom. The summed E-state index contributed by atoms with van der Waals surface area (Å²) in [4.78, 5) is 27.6. The minimum absolute atomic E-state index is 0.0491. The van der Waals surface area contributed by atoms with Gasteiger partial charge in [0, 0.05) is 28.7 Å². The highest BCUT2D eigenvalue weighted by Gasteiger charge is 2.16. The third-order valence-electron chi connectivity index (χ3n) is 4.48. The molecule has 2 aromatic carbocycles. The maximum atomic E-state index is 12.6. The topological polar surface area (TPSA) is 74.0 Å². The van der Waals surface area contributed by atoms with Crippen molar-refractivity contribution >= 4 is 28.4 Å². The van der Waals surface area contributed by atoms with Crippen molar-refractivity contribution in [3.05, 3.63) is 65.4 Å². The molecule has 0 unspecified atom stereocenters. The van der Waals surface area contributed by atoms with Crippen LogP contribution >= 0.6 is 0 Å². The minimum Gasteiger partial charge on any atom is -0.352 e. The molecule has 0 fully saturated rings. The molecule has 0 saturated carbocycles. The van der Waals surface area contributed by atoms with E-state index < -0.39 is 0 Å². The molecule has 1 aromatic heterocycles. The summed E-state index contributed by atoms with van der Waals surface area (Å²) in [6, 6.07) is 14.9. The number of rotatable bonds is 4. The summed E-state index contributed by atoms with van der Waals surface area (Å²) in [6.07, 6.45) is 0. The Hall–Kier alpha value is -3.08. The number of benzene rings is 2. The van der Waals surface area contributed by atoms with Gasteiger partial charge in [0.15, 0.2) is 0 Å². The minimum atomic E-state index is -0.214. The van der Waals surface area contributed by atoms with E-state index >= 15 is 0 Å². The van der Waals surface area contributed by atoms with Crippen LogP contribution in [0.2, 0.25) is 0 Å². The fourth-order valence-electron chi connectivity index (χ4n) is 2.88. The van der Waals surface area contributed by atoms with Crippen LogP contribution in [0.25, 0.3) is 10.9 Å². The molecule has 27 heavy (non-hydrogen) atoms. The van der Waals surface area contributed by atoms with Gasteiger partial charge in [-0.05, 0) is 54.3 Å². The standard InChI is InChI=1S/C22H25N3O2/c1-5-23-20(26)14-7-10-17(11-8-14)24-21(27)19-12-15-6-9-16(22(2,3)4)13-18(15)25-19/h6-13,25H,5H2,1-4H3,(H,23,26)(H,24,27). The zero-order chi connectivity index (χ0) is 19.6. The van der Waals surface area contributed by atoms with Gasteiger partial charge in [-0.15, -0.1) is 0 Å². The first-order valence-corrected chi connectivity index (χ1v) is 9.11. The molecule has 3 N–H and O–H groups in total. The van der Waals surface area contributed by atoms with E-state index in [1.807, 2.05) is 19.1 Å². The van der Waals surface area contributed by atoms with Crippen LogP contribution in [0.4, 0.5) is 5.69 Å². The molecule has 3 aromatic rings. The summed E-state index contributed by atoms with van der Waals surface area (Å²) in [5.74, 6) is -0.338. The van der Waals surface area contributed by atoms with Gasteiger partial charge in [-0.25, -0.2) is 0 Å². The second-order valence-corrected chi connectivity index (χ2v) is 7.63. The molecule has 0 spiro atoms. The van der Waals surface area contributed by atoms with Crippen molar-refractivity contribution in [3.63, 3.8) is 0 Å². The first-order valence-electron chi connectivity index (χ1n) is 9.11. The lowest BCUT2D eigenvalue weighted by molar-refractivity contribution is 0.0955. The average molecular weight is 363 g/mol. The third kappa shape index (κ3) is 4.19. The van der Waals surface area contributed by atoms with Crippen molar-refractivity contribution in [3.8, 4) is 0 Å². The van der Waals surface area contributed by atoms with Crippen molar-refractivity contribution in [1.82, 2.24) is 10.3 Å². The number of hydrogen-bond donors (Lipinski definition) is 3. The number of H-pyrrole nitrogens is 1. The van der Waals surface area contributed by atoms with Crippen LogP contribution in [-0.4, -0.2) is 23.3 Å². The summed E-state index contributed by atoms with van der Waals surface area (Å²) < 4.78 is 0.